The molecule has 1 aliphatic carbocycles. The molecule has 0 aliphatic heterocycles. The number of hydrogen-bond donors (Lipinski definition) is 0. The second-order valence-corrected chi connectivity index (χ2v) is 6.56. The second-order valence-electron chi connectivity index (χ2n) is 5.74. The monoisotopic (exact) mass is 320 g/mol. The summed E-state index contributed by atoms with van der Waals surface area (Å²) in [4.78, 5) is 0. The highest BCUT2D eigenvalue weighted by Crippen LogP contribution is 2.37. The molecule has 0 fully saturated rings. The second kappa shape index (κ2) is 5.90. The van der Waals surface area contributed by atoms with Gasteiger partial charge in [0.1, 0.15) is 12.4 Å². The quantitative estimate of drug-likeness (QED) is 0.681. The Morgan fingerprint density at radius 1 is 1.19 bits per heavy atom. The van der Waals surface area contributed by atoms with E-state index in [4.69, 9.17) is 27.9 Å². The SMILES string of the molecule is Cc1cc(OCc2c(Cl)cccc2Cl)cc2c1C(C)CC2. The molecule has 0 amide bonds. The Morgan fingerprint density at radius 2 is 1.90 bits per heavy atom. The maximum atomic E-state index is 6.18. The fraction of sp³-hybridized carbons (Fsp3) is 0.333. The Morgan fingerprint density at radius 3 is 2.62 bits per heavy atom. The van der Waals surface area contributed by atoms with Crippen LogP contribution in [0.4, 0.5) is 0 Å². The Labute approximate surface area is 135 Å². The summed E-state index contributed by atoms with van der Waals surface area (Å²) in [5.41, 5.74) is 5.07. The smallest absolute Gasteiger partial charge is 0.120 e. The van der Waals surface area contributed by atoms with Gasteiger partial charge in [-0.05, 0) is 66.6 Å². The number of rotatable bonds is 3. The van der Waals surface area contributed by atoms with Gasteiger partial charge >= 0.3 is 0 Å². The van der Waals surface area contributed by atoms with Crippen LogP contribution in [0.1, 0.15) is 41.5 Å². The van der Waals surface area contributed by atoms with Crippen molar-refractivity contribution in [1.82, 2.24) is 0 Å². The minimum Gasteiger partial charge on any atom is -0.489 e. The third kappa shape index (κ3) is 2.90. The van der Waals surface area contributed by atoms with Crippen molar-refractivity contribution < 1.29 is 4.74 Å². The van der Waals surface area contributed by atoms with Crippen molar-refractivity contribution in [2.24, 2.45) is 0 Å². The van der Waals surface area contributed by atoms with Gasteiger partial charge in [-0.1, -0.05) is 36.2 Å². The van der Waals surface area contributed by atoms with E-state index in [0.29, 0.717) is 22.6 Å². The molecule has 1 nitrogen and oxygen atoms in total. The van der Waals surface area contributed by atoms with E-state index in [1.54, 1.807) is 0 Å². The molecular weight excluding hydrogens is 303 g/mol. The third-order valence-corrected chi connectivity index (χ3v) is 4.94. The predicted molar refractivity (Wildman–Crippen MR) is 88.7 cm³/mol. The van der Waals surface area contributed by atoms with Gasteiger partial charge < -0.3 is 4.74 Å². The van der Waals surface area contributed by atoms with Crippen LogP contribution in [0.3, 0.4) is 0 Å². The number of hydrogen-bond acceptors (Lipinski definition) is 1. The van der Waals surface area contributed by atoms with Gasteiger partial charge in [-0.15, -0.1) is 0 Å². The van der Waals surface area contributed by atoms with E-state index in [1.165, 1.54) is 23.1 Å². The molecule has 3 rings (SSSR count). The highest BCUT2D eigenvalue weighted by molar-refractivity contribution is 6.35. The summed E-state index contributed by atoms with van der Waals surface area (Å²) in [6.07, 6.45) is 2.37. The first-order valence-electron chi connectivity index (χ1n) is 7.25. The van der Waals surface area contributed by atoms with Crippen molar-refractivity contribution in [1.29, 1.82) is 0 Å². The van der Waals surface area contributed by atoms with E-state index in [0.717, 1.165) is 17.7 Å². The summed E-state index contributed by atoms with van der Waals surface area (Å²) in [6.45, 7) is 4.85. The summed E-state index contributed by atoms with van der Waals surface area (Å²) in [7, 11) is 0. The lowest BCUT2D eigenvalue weighted by Crippen LogP contribution is -1.99. The summed E-state index contributed by atoms with van der Waals surface area (Å²) in [5.74, 6) is 1.56. The highest BCUT2D eigenvalue weighted by Gasteiger charge is 2.21. The number of aryl methyl sites for hydroxylation is 2. The normalized spacial score (nSPS) is 16.9. The van der Waals surface area contributed by atoms with Gasteiger partial charge in [-0.25, -0.2) is 0 Å². The van der Waals surface area contributed by atoms with E-state index in [2.05, 4.69) is 26.0 Å². The summed E-state index contributed by atoms with van der Waals surface area (Å²) < 4.78 is 5.93. The van der Waals surface area contributed by atoms with Crippen LogP contribution in [0.2, 0.25) is 10.0 Å². The highest BCUT2D eigenvalue weighted by atomic mass is 35.5. The Balaban J connectivity index is 1.82. The van der Waals surface area contributed by atoms with E-state index in [1.807, 2.05) is 18.2 Å². The average molecular weight is 321 g/mol. The Kier molecular flexibility index (Phi) is 4.14. The zero-order valence-corrected chi connectivity index (χ0v) is 13.8. The molecule has 0 saturated carbocycles. The molecule has 0 bridgehead atoms. The minimum absolute atomic E-state index is 0.395. The van der Waals surface area contributed by atoms with Crippen LogP contribution in [0.15, 0.2) is 30.3 Å². The molecule has 0 heterocycles. The summed E-state index contributed by atoms with van der Waals surface area (Å²) in [6, 6.07) is 9.79. The molecule has 1 atom stereocenters. The molecule has 0 radical (unpaired) electrons. The van der Waals surface area contributed by atoms with Crippen LogP contribution in [-0.2, 0) is 13.0 Å². The molecule has 21 heavy (non-hydrogen) atoms. The van der Waals surface area contributed by atoms with Gasteiger partial charge in [-0.2, -0.15) is 0 Å². The number of ether oxygens (including phenoxy) is 1. The van der Waals surface area contributed by atoms with Crippen LogP contribution in [0.25, 0.3) is 0 Å². The van der Waals surface area contributed by atoms with Crippen LogP contribution in [0.5, 0.6) is 5.75 Å². The van der Waals surface area contributed by atoms with E-state index >= 15 is 0 Å². The molecule has 0 saturated heterocycles. The molecule has 0 aromatic heterocycles. The number of halogens is 2. The topological polar surface area (TPSA) is 9.23 Å². The lowest BCUT2D eigenvalue weighted by molar-refractivity contribution is 0.306. The lowest BCUT2D eigenvalue weighted by atomic mass is 9.98. The first-order valence-corrected chi connectivity index (χ1v) is 8.01. The molecular formula is C18H18Cl2O. The van der Waals surface area contributed by atoms with Crippen LogP contribution < -0.4 is 4.74 Å². The predicted octanol–water partition coefficient (Wildman–Crippen LogP) is 5.93. The number of fused-ring (bicyclic) bond motifs is 1. The first-order chi connectivity index (χ1) is 10.1. The Bertz CT molecular complexity index is 659. The summed E-state index contributed by atoms with van der Waals surface area (Å²) >= 11 is 12.4. The molecule has 2 aromatic rings. The van der Waals surface area contributed by atoms with Crippen molar-refractivity contribution in [2.45, 2.75) is 39.2 Å². The van der Waals surface area contributed by atoms with Crippen molar-refractivity contribution in [2.75, 3.05) is 0 Å². The fourth-order valence-electron chi connectivity index (χ4n) is 3.17. The zero-order chi connectivity index (χ0) is 15.0. The van der Waals surface area contributed by atoms with Crippen LogP contribution in [0, 0.1) is 6.92 Å². The zero-order valence-electron chi connectivity index (χ0n) is 12.2. The van der Waals surface area contributed by atoms with Crippen molar-refractivity contribution in [3.8, 4) is 5.75 Å². The minimum atomic E-state index is 0.395. The molecule has 110 valence electrons. The van der Waals surface area contributed by atoms with Crippen LogP contribution in [-0.4, -0.2) is 0 Å². The van der Waals surface area contributed by atoms with Gasteiger partial charge in [0.15, 0.2) is 0 Å². The van der Waals surface area contributed by atoms with Crippen molar-refractivity contribution in [3.05, 3.63) is 62.6 Å². The van der Waals surface area contributed by atoms with E-state index in [9.17, 15) is 0 Å². The number of benzene rings is 2. The maximum Gasteiger partial charge on any atom is 0.120 e. The van der Waals surface area contributed by atoms with Crippen LogP contribution >= 0.6 is 23.2 Å². The molecule has 0 spiro atoms. The lowest BCUT2D eigenvalue weighted by Gasteiger charge is -2.14. The largest absolute Gasteiger partial charge is 0.489 e. The maximum absolute atomic E-state index is 6.18. The Hall–Kier alpha value is -1.18. The van der Waals surface area contributed by atoms with Gasteiger partial charge in [0.05, 0.1) is 0 Å². The van der Waals surface area contributed by atoms with Gasteiger partial charge in [0.2, 0.25) is 0 Å². The van der Waals surface area contributed by atoms with E-state index < -0.39 is 0 Å². The first kappa shape index (κ1) is 14.7. The molecule has 1 unspecified atom stereocenters. The fourth-order valence-corrected chi connectivity index (χ4v) is 3.68. The van der Waals surface area contributed by atoms with Gasteiger partial charge in [-0.3, -0.25) is 0 Å². The molecule has 1 aliphatic rings. The average Bonchev–Trinajstić information content (AvgIpc) is 2.80. The van der Waals surface area contributed by atoms with Crippen molar-refractivity contribution >= 4 is 23.2 Å². The third-order valence-electron chi connectivity index (χ3n) is 4.23. The van der Waals surface area contributed by atoms with Gasteiger partial charge in [0, 0.05) is 15.6 Å². The molecule has 0 N–H and O–H groups in total. The molecule has 2 aromatic carbocycles. The van der Waals surface area contributed by atoms with E-state index in [-0.39, 0.29) is 0 Å². The standard InChI is InChI=1S/C18H18Cl2O/c1-11-6-7-13-9-14(8-12(2)18(11)13)21-10-15-16(19)4-3-5-17(15)20/h3-5,8-9,11H,6-7,10H2,1-2H3. The molecule has 3 heteroatoms. The summed E-state index contributed by atoms with van der Waals surface area (Å²) in [5, 5.41) is 1.29. The van der Waals surface area contributed by atoms with Gasteiger partial charge in [0.25, 0.3) is 0 Å². The van der Waals surface area contributed by atoms with Crippen molar-refractivity contribution in [3.63, 3.8) is 0 Å².